The monoisotopic (exact) mass is 250 g/mol. The van der Waals surface area contributed by atoms with Gasteiger partial charge in [-0.15, -0.1) is 0 Å². The Morgan fingerprint density at radius 2 is 2.00 bits per heavy atom. The summed E-state index contributed by atoms with van der Waals surface area (Å²) in [5.41, 5.74) is 1.07. The molecule has 2 amide bonds. The van der Waals surface area contributed by atoms with E-state index < -0.39 is 0 Å². The molecule has 18 heavy (non-hydrogen) atoms. The summed E-state index contributed by atoms with van der Waals surface area (Å²) in [7, 11) is 3.75. The Kier molecular flexibility index (Phi) is 4.23. The molecule has 1 aliphatic rings. The molecule has 0 spiro atoms. The largest absolute Gasteiger partial charge is 0.325 e. The van der Waals surface area contributed by atoms with E-state index in [9.17, 15) is 4.79 Å². The zero-order valence-electron chi connectivity index (χ0n) is 11.3. The zero-order valence-corrected chi connectivity index (χ0v) is 11.3. The predicted molar refractivity (Wildman–Crippen MR) is 70.1 cm³/mol. The number of likely N-dealkylation sites (tertiary alicyclic amines) is 1. The highest BCUT2D eigenvalue weighted by Gasteiger charge is 2.19. The van der Waals surface area contributed by atoms with Crippen LogP contribution >= 0.6 is 0 Å². The Labute approximate surface area is 108 Å². The van der Waals surface area contributed by atoms with Crippen molar-refractivity contribution < 1.29 is 4.79 Å². The number of amides is 2. The van der Waals surface area contributed by atoms with Crippen LogP contribution in [0.3, 0.4) is 0 Å². The van der Waals surface area contributed by atoms with Crippen molar-refractivity contribution in [2.75, 3.05) is 20.1 Å². The molecule has 1 aromatic rings. The zero-order chi connectivity index (χ0) is 13.0. The minimum absolute atomic E-state index is 0.140. The van der Waals surface area contributed by atoms with E-state index in [4.69, 9.17) is 0 Å². The fraction of sp³-hybridized carbons (Fsp3) is 0.692. The molecule has 2 heterocycles. The predicted octanol–water partition coefficient (Wildman–Crippen LogP) is 1.85. The summed E-state index contributed by atoms with van der Waals surface area (Å²) < 4.78 is 1.76. The lowest BCUT2D eigenvalue weighted by Gasteiger charge is -2.26. The Hall–Kier alpha value is -1.52. The molecule has 0 bridgehead atoms. The van der Waals surface area contributed by atoms with E-state index in [1.54, 1.807) is 9.58 Å². The van der Waals surface area contributed by atoms with E-state index in [2.05, 4.69) is 5.10 Å². The van der Waals surface area contributed by atoms with Crippen LogP contribution in [0, 0.1) is 0 Å². The summed E-state index contributed by atoms with van der Waals surface area (Å²) in [6.07, 6.45) is 8.52. The van der Waals surface area contributed by atoms with Crippen molar-refractivity contribution in [3.05, 3.63) is 18.0 Å². The van der Waals surface area contributed by atoms with Gasteiger partial charge in [0.15, 0.2) is 0 Å². The lowest BCUT2D eigenvalue weighted by molar-refractivity contribution is 0.162. The van der Waals surface area contributed by atoms with Crippen molar-refractivity contribution >= 4 is 6.03 Å². The maximum Gasteiger partial charge on any atom is 0.320 e. The Morgan fingerprint density at radius 1 is 1.33 bits per heavy atom. The van der Waals surface area contributed by atoms with E-state index in [0.29, 0.717) is 6.54 Å². The van der Waals surface area contributed by atoms with Crippen molar-refractivity contribution in [2.45, 2.75) is 32.2 Å². The minimum atomic E-state index is 0.140. The van der Waals surface area contributed by atoms with Crippen LogP contribution in [0.15, 0.2) is 12.4 Å². The van der Waals surface area contributed by atoms with Crippen molar-refractivity contribution in [1.29, 1.82) is 0 Å². The topological polar surface area (TPSA) is 41.4 Å². The molecule has 1 aliphatic heterocycles. The highest BCUT2D eigenvalue weighted by atomic mass is 16.2. The molecule has 2 rings (SSSR count). The van der Waals surface area contributed by atoms with Crippen molar-refractivity contribution in [3.63, 3.8) is 0 Å². The maximum absolute atomic E-state index is 12.3. The van der Waals surface area contributed by atoms with E-state index in [1.165, 1.54) is 12.8 Å². The summed E-state index contributed by atoms with van der Waals surface area (Å²) in [6.45, 7) is 2.43. The van der Waals surface area contributed by atoms with Crippen LogP contribution < -0.4 is 0 Å². The first-order valence-corrected chi connectivity index (χ1v) is 6.64. The summed E-state index contributed by atoms with van der Waals surface area (Å²) in [6, 6.07) is 0.140. The number of hydrogen-bond donors (Lipinski definition) is 0. The average Bonchev–Trinajstić information content (AvgIpc) is 2.62. The Balaban J connectivity index is 1.91. The average molecular weight is 250 g/mol. The number of rotatable bonds is 2. The van der Waals surface area contributed by atoms with Gasteiger partial charge in [0.2, 0.25) is 0 Å². The van der Waals surface area contributed by atoms with Crippen LogP contribution in [0.1, 0.15) is 31.2 Å². The molecule has 0 N–H and O–H groups in total. The molecule has 0 atom stereocenters. The van der Waals surface area contributed by atoms with Crippen LogP contribution in [0.5, 0.6) is 0 Å². The highest BCUT2D eigenvalue weighted by molar-refractivity contribution is 5.74. The number of carbonyl (C=O) groups excluding carboxylic acids is 1. The molecule has 100 valence electrons. The summed E-state index contributed by atoms with van der Waals surface area (Å²) >= 11 is 0. The first-order chi connectivity index (χ1) is 8.66. The molecule has 1 saturated heterocycles. The van der Waals surface area contributed by atoms with Gasteiger partial charge in [-0.3, -0.25) is 4.68 Å². The van der Waals surface area contributed by atoms with Gasteiger partial charge in [0.1, 0.15) is 0 Å². The second-order valence-corrected chi connectivity index (χ2v) is 5.06. The molecule has 1 fully saturated rings. The third kappa shape index (κ3) is 3.24. The molecule has 0 saturated carbocycles. The molecule has 1 aromatic heterocycles. The molecule has 5 nitrogen and oxygen atoms in total. The minimum Gasteiger partial charge on any atom is -0.325 e. The molecule has 0 aliphatic carbocycles. The van der Waals surface area contributed by atoms with Crippen molar-refractivity contribution in [3.8, 4) is 0 Å². The lowest BCUT2D eigenvalue weighted by atomic mass is 10.2. The van der Waals surface area contributed by atoms with Gasteiger partial charge in [-0.1, -0.05) is 12.8 Å². The summed E-state index contributed by atoms with van der Waals surface area (Å²) in [4.78, 5) is 16.0. The molecule has 0 radical (unpaired) electrons. The fourth-order valence-corrected chi connectivity index (χ4v) is 2.40. The van der Waals surface area contributed by atoms with Crippen LogP contribution in [0.4, 0.5) is 4.79 Å². The van der Waals surface area contributed by atoms with Gasteiger partial charge in [-0.05, 0) is 12.8 Å². The standard InChI is InChI=1S/C13H22N4O/c1-15(10-12-9-14-16(2)11-12)13(18)17-7-5-3-4-6-8-17/h9,11H,3-8,10H2,1-2H3. The molecular weight excluding hydrogens is 228 g/mol. The van der Waals surface area contributed by atoms with E-state index >= 15 is 0 Å². The van der Waals surface area contributed by atoms with Gasteiger partial charge < -0.3 is 9.80 Å². The Morgan fingerprint density at radius 3 is 2.56 bits per heavy atom. The van der Waals surface area contributed by atoms with Crippen LogP contribution in [-0.2, 0) is 13.6 Å². The van der Waals surface area contributed by atoms with E-state index in [1.807, 2.05) is 31.4 Å². The van der Waals surface area contributed by atoms with E-state index in [0.717, 1.165) is 31.5 Å². The molecular formula is C13H22N4O. The molecule has 5 heteroatoms. The van der Waals surface area contributed by atoms with Gasteiger partial charge in [0.05, 0.1) is 12.7 Å². The quantitative estimate of drug-likeness (QED) is 0.803. The normalized spacial score (nSPS) is 16.4. The summed E-state index contributed by atoms with van der Waals surface area (Å²) in [5, 5.41) is 4.12. The second kappa shape index (κ2) is 5.89. The molecule has 0 unspecified atom stereocenters. The van der Waals surface area contributed by atoms with Crippen molar-refractivity contribution in [2.24, 2.45) is 7.05 Å². The molecule has 0 aromatic carbocycles. The van der Waals surface area contributed by atoms with Gasteiger partial charge in [0.25, 0.3) is 0 Å². The number of urea groups is 1. The lowest BCUT2D eigenvalue weighted by Crippen LogP contribution is -2.41. The second-order valence-electron chi connectivity index (χ2n) is 5.06. The van der Waals surface area contributed by atoms with Crippen LogP contribution in [0.25, 0.3) is 0 Å². The van der Waals surface area contributed by atoms with Gasteiger partial charge in [-0.2, -0.15) is 5.10 Å². The number of aromatic nitrogens is 2. The van der Waals surface area contributed by atoms with E-state index in [-0.39, 0.29) is 6.03 Å². The van der Waals surface area contributed by atoms with Crippen molar-refractivity contribution in [1.82, 2.24) is 19.6 Å². The smallest absolute Gasteiger partial charge is 0.320 e. The van der Waals surface area contributed by atoms with Crippen LogP contribution in [-0.4, -0.2) is 45.7 Å². The maximum atomic E-state index is 12.3. The fourth-order valence-electron chi connectivity index (χ4n) is 2.40. The number of carbonyl (C=O) groups is 1. The SMILES string of the molecule is CN(Cc1cnn(C)c1)C(=O)N1CCCCCC1. The van der Waals surface area contributed by atoms with Crippen LogP contribution in [0.2, 0.25) is 0 Å². The first kappa shape index (κ1) is 12.9. The van der Waals surface area contributed by atoms with Gasteiger partial charge in [0, 0.05) is 38.9 Å². The summed E-state index contributed by atoms with van der Waals surface area (Å²) in [5.74, 6) is 0. The van der Waals surface area contributed by atoms with Gasteiger partial charge >= 0.3 is 6.03 Å². The number of hydrogen-bond acceptors (Lipinski definition) is 2. The third-order valence-corrected chi connectivity index (χ3v) is 3.38. The number of nitrogens with zero attached hydrogens (tertiary/aromatic N) is 4. The first-order valence-electron chi connectivity index (χ1n) is 6.64. The number of aryl methyl sites for hydroxylation is 1. The highest BCUT2D eigenvalue weighted by Crippen LogP contribution is 2.12. The third-order valence-electron chi connectivity index (χ3n) is 3.38. The Bertz CT molecular complexity index is 393. The van der Waals surface area contributed by atoms with Gasteiger partial charge in [-0.25, -0.2) is 4.79 Å².